The van der Waals surface area contributed by atoms with Crippen LogP contribution in [0.15, 0.2) is 24.3 Å². The standard InChI is InChI=1S/C16H25NO3/c1-12(2)9-10-20-14-7-5-13(6-8-14)15(19)17-16(3,4)11-18/h5-8,12,18H,9-11H2,1-4H3,(H,17,19). The Bertz CT molecular complexity index is 424. The summed E-state index contributed by atoms with van der Waals surface area (Å²) < 4.78 is 5.60. The maximum Gasteiger partial charge on any atom is 0.251 e. The summed E-state index contributed by atoms with van der Waals surface area (Å²) in [5.41, 5.74) is -0.0634. The Balaban J connectivity index is 2.55. The zero-order valence-corrected chi connectivity index (χ0v) is 12.8. The maximum atomic E-state index is 12.0. The lowest BCUT2D eigenvalue weighted by molar-refractivity contribution is 0.0869. The number of hydrogen-bond donors (Lipinski definition) is 2. The molecule has 2 N–H and O–H groups in total. The molecule has 0 atom stereocenters. The van der Waals surface area contributed by atoms with Gasteiger partial charge in [0, 0.05) is 5.56 Å². The topological polar surface area (TPSA) is 58.6 Å². The van der Waals surface area contributed by atoms with Crippen molar-refractivity contribution in [2.75, 3.05) is 13.2 Å². The van der Waals surface area contributed by atoms with Crippen LogP contribution < -0.4 is 10.1 Å². The van der Waals surface area contributed by atoms with E-state index >= 15 is 0 Å². The zero-order valence-electron chi connectivity index (χ0n) is 12.8. The van der Waals surface area contributed by atoms with Crippen molar-refractivity contribution in [3.8, 4) is 5.75 Å². The third kappa shape index (κ3) is 5.61. The van der Waals surface area contributed by atoms with Gasteiger partial charge in [0.2, 0.25) is 0 Å². The van der Waals surface area contributed by atoms with Crippen molar-refractivity contribution in [1.82, 2.24) is 5.32 Å². The lowest BCUT2D eigenvalue weighted by atomic mass is 10.1. The number of ether oxygens (including phenoxy) is 1. The SMILES string of the molecule is CC(C)CCOc1ccc(C(=O)NC(C)(C)CO)cc1. The molecule has 1 aromatic carbocycles. The predicted molar refractivity (Wildman–Crippen MR) is 80.0 cm³/mol. The number of rotatable bonds is 7. The molecule has 1 aromatic rings. The van der Waals surface area contributed by atoms with Crippen LogP contribution in [-0.2, 0) is 0 Å². The number of amides is 1. The van der Waals surface area contributed by atoms with Crippen molar-refractivity contribution >= 4 is 5.91 Å². The van der Waals surface area contributed by atoms with E-state index in [0.29, 0.717) is 18.1 Å². The number of nitrogens with one attached hydrogen (secondary N) is 1. The second-order valence-corrected chi connectivity index (χ2v) is 6.05. The number of aliphatic hydroxyl groups is 1. The predicted octanol–water partition coefficient (Wildman–Crippen LogP) is 2.61. The van der Waals surface area contributed by atoms with Crippen molar-refractivity contribution in [1.29, 1.82) is 0 Å². The zero-order chi connectivity index (χ0) is 15.2. The van der Waals surface area contributed by atoms with Gasteiger partial charge in [0.1, 0.15) is 5.75 Å². The van der Waals surface area contributed by atoms with E-state index < -0.39 is 5.54 Å². The fraction of sp³-hybridized carbons (Fsp3) is 0.562. The molecule has 0 aliphatic heterocycles. The molecule has 0 saturated carbocycles. The summed E-state index contributed by atoms with van der Waals surface area (Å²) in [6.07, 6.45) is 1.01. The molecule has 4 nitrogen and oxygen atoms in total. The Hall–Kier alpha value is -1.55. The lowest BCUT2D eigenvalue weighted by Gasteiger charge is -2.23. The number of carbonyl (C=O) groups is 1. The summed E-state index contributed by atoms with van der Waals surface area (Å²) in [4.78, 5) is 12.0. The van der Waals surface area contributed by atoms with Gasteiger partial charge in [-0.05, 0) is 50.5 Å². The average Bonchev–Trinajstić information content (AvgIpc) is 2.38. The summed E-state index contributed by atoms with van der Waals surface area (Å²) >= 11 is 0. The van der Waals surface area contributed by atoms with E-state index in [1.165, 1.54) is 0 Å². The van der Waals surface area contributed by atoms with E-state index in [0.717, 1.165) is 12.2 Å². The van der Waals surface area contributed by atoms with Gasteiger partial charge in [0.15, 0.2) is 0 Å². The van der Waals surface area contributed by atoms with E-state index in [-0.39, 0.29) is 12.5 Å². The van der Waals surface area contributed by atoms with Crippen molar-refractivity contribution in [3.05, 3.63) is 29.8 Å². The molecule has 0 aliphatic carbocycles. The largest absolute Gasteiger partial charge is 0.494 e. The van der Waals surface area contributed by atoms with Gasteiger partial charge in [-0.25, -0.2) is 0 Å². The number of hydrogen-bond acceptors (Lipinski definition) is 3. The minimum atomic E-state index is -0.622. The molecule has 0 spiro atoms. The first kappa shape index (κ1) is 16.5. The van der Waals surface area contributed by atoms with Crippen LogP contribution in [0.3, 0.4) is 0 Å². The molecule has 112 valence electrons. The number of carbonyl (C=O) groups excluding carboxylic acids is 1. The van der Waals surface area contributed by atoms with Crippen molar-refractivity contribution in [2.24, 2.45) is 5.92 Å². The van der Waals surface area contributed by atoms with Crippen LogP contribution in [0.25, 0.3) is 0 Å². The van der Waals surface area contributed by atoms with Crippen molar-refractivity contribution in [3.63, 3.8) is 0 Å². The van der Waals surface area contributed by atoms with Gasteiger partial charge in [-0.3, -0.25) is 4.79 Å². The molecule has 20 heavy (non-hydrogen) atoms. The van der Waals surface area contributed by atoms with Crippen LogP contribution in [-0.4, -0.2) is 29.8 Å². The normalized spacial score (nSPS) is 11.5. The van der Waals surface area contributed by atoms with Gasteiger partial charge in [-0.2, -0.15) is 0 Å². The smallest absolute Gasteiger partial charge is 0.251 e. The molecule has 0 saturated heterocycles. The van der Waals surface area contributed by atoms with Gasteiger partial charge in [-0.15, -0.1) is 0 Å². The Morgan fingerprint density at radius 2 is 1.90 bits per heavy atom. The van der Waals surface area contributed by atoms with Crippen LogP contribution in [0, 0.1) is 5.92 Å². The van der Waals surface area contributed by atoms with Gasteiger partial charge >= 0.3 is 0 Å². The quantitative estimate of drug-likeness (QED) is 0.806. The average molecular weight is 279 g/mol. The van der Waals surface area contributed by atoms with E-state index in [1.54, 1.807) is 38.1 Å². The number of aliphatic hydroxyl groups excluding tert-OH is 1. The molecular formula is C16H25NO3. The molecule has 0 bridgehead atoms. The molecule has 0 fully saturated rings. The molecular weight excluding hydrogens is 254 g/mol. The molecule has 0 heterocycles. The van der Waals surface area contributed by atoms with Crippen molar-refractivity contribution < 1.29 is 14.6 Å². The monoisotopic (exact) mass is 279 g/mol. The Morgan fingerprint density at radius 1 is 1.30 bits per heavy atom. The maximum absolute atomic E-state index is 12.0. The summed E-state index contributed by atoms with van der Waals surface area (Å²) in [7, 11) is 0. The van der Waals surface area contributed by atoms with Crippen molar-refractivity contribution in [2.45, 2.75) is 39.7 Å². The van der Waals surface area contributed by atoms with E-state index in [9.17, 15) is 4.79 Å². The van der Waals surface area contributed by atoms with Gasteiger partial charge < -0.3 is 15.2 Å². The first-order valence-electron chi connectivity index (χ1n) is 7.00. The minimum Gasteiger partial charge on any atom is -0.494 e. The highest BCUT2D eigenvalue weighted by Crippen LogP contribution is 2.14. The Kier molecular flexibility index (Phi) is 6.02. The third-order valence-electron chi connectivity index (χ3n) is 2.93. The highest BCUT2D eigenvalue weighted by molar-refractivity contribution is 5.94. The third-order valence-corrected chi connectivity index (χ3v) is 2.93. The fourth-order valence-corrected chi connectivity index (χ4v) is 1.53. The minimum absolute atomic E-state index is 0.102. The molecule has 0 aliphatic rings. The first-order chi connectivity index (χ1) is 9.34. The lowest BCUT2D eigenvalue weighted by Crippen LogP contribution is -2.46. The van der Waals surface area contributed by atoms with Crippen LogP contribution >= 0.6 is 0 Å². The second kappa shape index (κ2) is 7.29. The molecule has 1 rings (SSSR count). The van der Waals surface area contributed by atoms with Gasteiger partial charge in [0.25, 0.3) is 5.91 Å². The molecule has 0 aromatic heterocycles. The summed E-state index contributed by atoms with van der Waals surface area (Å²) in [5, 5.41) is 11.9. The van der Waals surface area contributed by atoms with Crippen LogP contribution in [0.1, 0.15) is 44.5 Å². The van der Waals surface area contributed by atoms with E-state index in [1.807, 2.05) is 0 Å². The van der Waals surface area contributed by atoms with Crippen LogP contribution in [0.2, 0.25) is 0 Å². The second-order valence-electron chi connectivity index (χ2n) is 6.05. The number of benzene rings is 1. The molecule has 1 amide bonds. The summed E-state index contributed by atoms with van der Waals surface area (Å²) in [5.74, 6) is 1.18. The Morgan fingerprint density at radius 3 is 2.40 bits per heavy atom. The Labute approximate surface area is 121 Å². The molecule has 0 unspecified atom stereocenters. The molecule has 0 radical (unpaired) electrons. The van der Waals surface area contributed by atoms with Gasteiger partial charge in [-0.1, -0.05) is 13.8 Å². The first-order valence-corrected chi connectivity index (χ1v) is 7.00. The van der Waals surface area contributed by atoms with Crippen LogP contribution in [0.5, 0.6) is 5.75 Å². The van der Waals surface area contributed by atoms with Gasteiger partial charge in [0.05, 0.1) is 18.8 Å². The van der Waals surface area contributed by atoms with E-state index in [4.69, 9.17) is 9.84 Å². The van der Waals surface area contributed by atoms with E-state index in [2.05, 4.69) is 19.2 Å². The molecule has 4 heteroatoms. The summed E-state index contributed by atoms with van der Waals surface area (Å²) in [6, 6.07) is 7.05. The fourth-order valence-electron chi connectivity index (χ4n) is 1.53. The highest BCUT2D eigenvalue weighted by Gasteiger charge is 2.19. The summed E-state index contributed by atoms with van der Waals surface area (Å²) in [6.45, 7) is 8.43. The highest BCUT2D eigenvalue weighted by atomic mass is 16.5. The van der Waals surface area contributed by atoms with Crippen LogP contribution in [0.4, 0.5) is 0 Å².